The van der Waals surface area contributed by atoms with Crippen LogP contribution >= 0.6 is 15.9 Å². The Labute approximate surface area is 128 Å². The van der Waals surface area contributed by atoms with Gasteiger partial charge in [0.25, 0.3) is 5.91 Å². The van der Waals surface area contributed by atoms with Crippen molar-refractivity contribution in [3.05, 3.63) is 52.5 Å². The SMILES string of the molecule is Nc1ccc(NC(=O)COc2c(F)cccc2F)c(Br)c1. The maximum absolute atomic E-state index is 13.3. The average molecular weight is 357 g/mol. The van der Waals surface area contributed by atoms with Gasteiger partial charge < -0.3 is 15.8 Å². The van der Waals surface area contributed by atoms with Crippen LogP contribution in [0.4, 0.5) is 20.2 Å². The summed E-state index contributed by atoms with van der Waals surface area (Å²) in [6, 6.07) is 8.13. The third-order valence-corrected chi connectivity index (χ3v) is 3.19. The number of carbonyl (C=O) groups is 1. The highest BCUT2D eigenvalue weighted by atomic mass is 79.9. The van der Waals surface area contributed by atoms with E-state index in [1.165, 1.54) is 6.07 Å². The summed E-state index contributed by atoms with van der Waals surface area (Å²) in [6.45, 7) is -0.519. The van der Waals surface area contributed by atoms with Crippen LogP contribution in [-0.2, 0) is 4.79 Å². The minimum atomic E-state index is -0.864. The van der Waals surface area contributed by atoms with Gasteiger partial charge in [-0.25, -0.2) is 8.78 Å². The highest BCUT2D eigenvalue weighted by Crippen LogP contribution is 2.25. The van der Waals surface area contributed by atoms with Crippen LogP contribution in [0.15, 0.2) is 40.9 Å². The molecule has 4 nitrogen and oxygen atoms in total. The number of amides is 1. The predicted octanol–water partition coefficient (Wildman–Crippen LogP) is 3.33. The van der Waals surface area contributed by atoms with Crippen LogP contribution in [0.1, 0.15) is 0 Å². The molecule has 2 rings (SSSR count). The van der Waals surface area contributed by atoms with Gasteiger partial charge in [0.05, 0.1) is 5.69 Å². The molecule has 0 heterocycles. The zero-order chi connectivity index (χ0) is 15.4. The molecule has 0 aromatic heterocycles. The first-order valence-electron chi connectivity index (χ1n) is 5.89. The van der Waals surface area contributed by atoms with Crippen LogP contribution in [0.5, 0.6) is 5.75 Å². The first-order valence-corrected chi connectivity index (χ1v) is 6.68. The van der Waals surface area contributed by atoms with Gasteiger partial charge in [-0.2, -0.15) is 0 Å². The third-order valence-electron chi connectivity index (χ3n) is 2.53. The topological polar surface area (TPSA) is 64.3 Å². The van der Waals surface area contributed by atoms with E-state index >= 15 is 0 Å². The average Bonchev–Trinajstić information content (AvgIpc) is 2.41. The van der Waals surface area contributed by atoms with Crippen molar-refractivity contribution >= 4 is 33.2 Å². The zero-order valence-corrected chi connectivity index (χ0v) is 12.3. The van der Waals surface area contributed by atoms with Crippen molar-refractivity contribution in [3.63, 3.8) is 0 Å². The Hall–Kier alpha value is -2.15. The number of benzene rings is 2. The van der Waals surface area contributed by atoms with Crippen molar-refractivity contribution in [2.75, 3.05) is 17.7 Å². The molecule has 7 heteroatoms. The Balaban J connectivity index is 1.99. The summed E-state index contributed by atoms with van der Waals surface area (Å²) >= 11 is 3.24. The molecule has 0 fully saturated rings. The molecule has 0 atom stereocenters. The van der Waals surface area contributed by atoms with E-state index in [0.29, 0.717) is 15.8 Å². The molecular weight excluding hydrogens is 346 g/mol. The van der Waals surface area contributed by atoms with Crippen LogP contribution in [-0.4, -0.2) is 12.5 Å². The number of nitrogens with two attached hydrogens (primary N) is 1. The van der Waals surface area contributed by atoms with E-state index in [9.17, 15) is 13.6 Å². The van der Waals surface area contributed by atoms with E-state index in [0.717, 1.165) is 12.1 Å². The van der Waals surface area contributed by atoms with Crippen LogP contribution in [0.25, 0.3) is 0 Å². The largest absolute Gasteiger partial charge is 0.478 e. The van der Waals surface area contributed by atoms with Crippen molar-refractivity contribution in [3.8, 4) is 5.75 Å². The van der Waals surface area contributed by atoms with Gasteiger partial charge in [-0.3, -0.25) is 4.79 Å². The van der Waals surface area contributed by atoms with Crippen molar-refractivity contribution in [1.29, 1.82) is 0 Å². The van der Waals surface area contributed by atoms with E-state index in [2.05, 4.69) is 21.2 Å². The van der Waals surface area contributed by atoms with Crippen LogP contribution < -0.4 is 15.8 Å². The fourth-order valence-electron chi connectivity index (χ4n) is 1.58. The van der Waals surface area contributed by atoms with E-state index in [-0.39, 0.29) is 0 Å². The van der Waals surface area contributed by atoms with Gasteiger partial charge in [0.15, 0.2) is 24.0 Å². The second kappa shape index (κ2) is 6.53. The van der Waals surface area contributed by atoms with Gasteiger partial charge >= 0.3 is 0 Å². The third kappa shape index (κ3) is 3.91. The lowest BCUT2D eigenvalue weighted by molar-refractivity contribution is -0.118. The Bertz CT molecular complexity index is 660. The standard InChI is InChI=1S/C14H11BrF2N2O2/c15-9-6-8(18)4-5-12(9)19-13(20)7-21-14-10(16)2-1-3-11(14)17/h1-6H,7,18H2,(H,19,20). The molecule has 2 aromatic rings. The fraction of sp³-hybridized carbons (Fsp3) is 0.0714. The molecule has 1 amide bonds. The lowest BCUT2D eigenvalue weighted by atomic mass is 10.3. The summed E-state index contributed by atoms with van der Waals surface area (Å²) in [5.41, 5.74) is 6.59. The van der Waals surface area contributed by atoms with Gasteiger partial charge in [0.1, 0.15) is 0 Å². The fourth-order valence-corrected chi connectivity index (χ4v) is 2.07. The number of anilines is 2. The summed E-state index contributed by atoms with van der Waals surface area (Å²) in [5, 5.41) is 2.54. The van der Waals surface area contributed by atoms with Crippen LogP contribution in [0.2, 0.25) is 0 Å². The van der Waals surface area contributed by atoms with Crippen molar-refractivity contribution in [2.24, 2.45) is 0 Å². The second-order valence-corrected chi connectivity index (χ2v) is 4.98. The second-order valence-electron chi connectivity index (χ2n) is 4.13. The summed E-state index contributed by atoms with van der Waals surface area (Å²) < 4.78 is 32.1. The number of halogens is 3. The van der Waals surface area contributed by atoms with E-state index in [4.69, 9.17) is 10.5 Å². The van der Waals surface area contributed by atoms with E-state index in [1.807, 2.05) is 0 Å². The Morgan fingerprint density at radius 2 is 1.90 bits per heavy atom. The lowest BCUT2D eigenvalue weighted by Crippen LogP contribution is -2.21. The molecule has 0 aliphatic heterocycles. The van der Waals surface area contributed by atoms with Crippen LogP contribution in [0, 0.1) is 11.6 Å². The zero-order valence-electron chi connectivity index (χ0n) is 10.7. The molecule has 0 saturated heterocycles. The highest BCUT2D eigenvalue weighted by molar-refractivity contribution is 9.10. The molecule has 0 aliphatic rings. The number of hydrogen-bond donors (Lipinski definition) is 2. The van der Waals surface area contributed by atoms with Crippen molar-refractivity contribution in [1.82, 2.24) is 0 Å². The maximum Gasteiger partial charge on any atom is 0.262 e. The molecule has 0 unspecified atom stereocenters. The van der Waals surface area contributed by atoms with Gasteiger partial charge in [0, 0.05) is 10.2 Å². The Kier molecular flexibility index (Phi) is 4.74. The molecule has 0 bridgehead atoms. The number of hydrogen-bond acceptors (Lipinski definition) is 3. The summed E-state index contributed by atoms with van der Waals surface area (Å²) in [6.07, 6.45) is 0. The van der Waals surface area contributed by atoms with Gasteiger partial charge in [0.2, 0.25) is 0 Å². The molecular formula is C14H11BrF2N2O2. The quantitative estimate of drug-likeness (QED) is 0.825. The molecule has 21 heavy (non-hydrogen) atoms. The smallest absolute Gasteiger partial charge is 0.262 e. The molecule has 2 aromatic carbocycles. The highest BCUT2D eigenvalue weighted by Gasteiger charge is 2.12. The van der Waals surface area contributed by atoms with Crippen LogP contribution in [0.3, 0.4) is 0 Å². The van der Waals surface area contributed by atoms with Crippen molar-refractivity contribution in [2.45, 2.75) is 0 Å². The molecule has 3 N–H and O–H groups in total. The van der Waals surface area contributed by atoms with E-state index in [1.54, 1.807) is 18.2 Å². The van der Waals surface area contributed by atoms with Crippen molar-refractivity contribution < 1.29 is 18.3 Å². The first-order chi connectivity index (χ1) is 9.97. The number of nitrogens with one attached hydrogen (secondary N) is 1. The molecule has 0 radical (unpaired) electrons. The van der Waals surface area contributed by atoms with Gasteiger partial charge in [-0.1, -0.05) is 6.07 Å². The van der Waals surface area contributed by atoms with Gasteiger partial charge in [-0.05, 0) is 46.3 Å². The summed E-state index contributed by atoms with van der Waals surface area (Å²) in [7, 11) is 0. The minimum Gasteiger partial charge on any atom is -0.478 e. The molecule has 0 saturated carbocycles. The Morgan fingerprint density at radius 3 is 2.52 bits per heavy atom. The number of nitrogen functional groups attached to an aromatic ring is 1. The minimum absolute atomic E-state index is 0.479. The Morgan fingerprint density at radius 1 is 1.24 bits per heavy atom. The number of carbonyl (C=O) groups excluding carboxylic acids is 1. The monoisotopic (exact) mass is 356 g/mol. The molecule has 0 aliphatic carbocycles. The predicted molar refractivity (Wildman–Crippen MR) is 79.0 cm³/mol. The summed E-state index contributed by atoms with van der Waals surface area (Å²) in [4.78, 5) is 11.7. The number of rotatable bonds is 4. The first kappa shape index (κ1) is 15.2. The normalized spacial score (nSPS) is 10.2. The van der Waals surface area contributed by atoms with E-state index < -0.39 is 29.9 Å². The number of ether oxygens (including phenoxy) is 1. The summed E-state index contributed by atoms with van der Waals surface area (Å²) in [5.74, 6) is -2.86. The van der Waals surface area contributed by atoms with Gasteiger partial charge in [-0.15, -0.1) is 0 Å². The number of para-hydroxylation sites is 1. The lowest BCUT2D eigenvalue weighted by Gasteiger charge is -2.10. The maximum atomic E-state index is 13.3. The molecule has 110 valence electrons. The molecule has 0 spiro atoms.